The van der Waals surface area contributed by atoms with Gasteiger partial charge in [0.25, 0.3) is 0 Å². The Hall–Kier alpha value is -0.530. The largest absolute Gasteiger partial charge is 0.307 e. The van der Waals surface area contributed by atoms with Crippen molar-refractivity contribution in [1.82, 2.24) is 5.32 Å². The molecule has 0 aromatic heterocycles. The lowest BCUT2D eigenvalue weighted by molar-refractivity contribution is 0.498. The zero-order valence-electron chi connectivity index (χ0n) is 10.4. The van der Waals surface area contributed by atoms with Crippen LogP contribution in [0, 0.1) is 5.92 Å². The van der Waals surface area contributed by atoms with Crippen LogP contribution in [0.3, 0.4) is 0 Å². The molecule has 17 heavy (non-hydrogen) atoms. The summed E-state index contributed by atoms with van der Waals surface area (Å²) in [6, 6.07) is 7.72. The fraction of sp³-hybridized carbons (Fsp3) is 0.600. The van der Waals surface area contributed by atoms with Crippen molar-refractivity contribution >= 4 is 11.6 Å². The third-order valence-corrected chi connectivity index (χ3v) is 4.42. The molecule has 1 aromatic rings. The van der Waals surface area contributed by atoms with E-state index in [2.05, 4.69) is 24.4 Å². The van der Waals surface area contributed by atoms with Crippen molar-refractivity contribution in [2.24, 2.45) is 5.92 Å². The van der Waals surface area contributed by atoms with Gasteiger partial charge in [-0.3, -0.25) is 0 Å². The molecule has 1 saturated carbocycles. The first-order chi connectivity index (χ1) is 8.28. The Morgan fingerprint density at radius 1 is 1.41 bits per heavy atom. The summed E-state index contributed by atoms with van der Waals surface area (Å²) in [6.45, 7) is 2.28. The number of nitrogens with one attached hydrogen (secondary N) is 1. The van der Waals surface area contributed by atoms with E-state index in [9.17, 15) is 0 Å². The van der Waals surface area contributed by atoms with E-state index >= 15 is 0 Å². The molecule has 3 rings (SSSR count). The number of benzene rings is 1. The summed E-state index contributed by atoms with van der Waals surface area (Å²) in [5.41, 5.74) is 2.93. The minimum absolute atomic E-state index is 0.578. The van der Waals surface area contributed by atoms with Gasteiger partial charge in [-0.2, -0.15) is 0 Å². The third kappa shape index (κ3) is 2.36. The molecule has 3 atom stereocenters. The molecular formula is C15H20ClN. The highest BCUT2D eigenvalue weighted by Crippen LogP contribution is 2.40. The van der Waals surface area contributed by atoms with Gasteiger partial charge in [0, 0.05) is 17.1 Å². The molecule has 0 heterocycles. The van der Waals surface area contributed by atoms with Crippen molar-refractivity contribution in [2.75, 3.05) is 0 Å². The molecule has 0 aliphatic heterocycles. The Balaban J connectivity index is 1.64. The highest BCUT2D eigenvalue weighted by Gasteiger charge is 2.38. The van der Waals surface area contributed by atoms with Gasteiger partial charge in [-0.1, -0.05) is 31.0 Å². The number of hydrogen-bond donors (Lipinski definition) is 1. The molecule has 1 nitrogen and oxygen atoms in total. The highest BCUT2D eigenvalue weighted by atomic mass is 35.5. The molecule has 0 radical (unpaired) electrons. The van der Waals surface area contributed by atoms with Crippen LogP contribution in [0.25, 0.3) is 0 Å². The summed E-state index contributed by atoms with van der Waals surface area (Å²) in [7, 11) is 0. The molecule has 0 amide bonds. The smallest absolute Gasteiger partial charge is 0.0408 e. The summed E-state index contributed by atoms with van der Waals surface area (Å²) in [5, 5.41) is 4.69. The number of hydrogen-bond acceptors (Lipinski definition) is 1. The molecule has 2 aliphatic carbocycles. The average molecular weight is 250 g/mol. The van der Waals surface area contributed by atoms with Gasteiger partial charge < -0.3 is 5.32 Å². The SMILES string of the molecule is CCCC1CC1NC1CCc2cc(Cl)ccc21. The second-order valence-electron chi connectivity index (χ2n) is 5.49. The lowest BCUT2D eigenvalue weighted by Crippen LogP contribution is -2.22. The maximum atomic E-state index is 6.03. The van der Waals surface area contributed by atoms with Crippen LogP contribution in [-0.4, -0.2) is 6.04 Å². The number of aryl methyl sites for hydroxylation is 1. The van der Waals surface area contributed by atoms with Crippen LogP contribution in [0.1, 0.15) is 49.8 Å². The predicted octanol–water partition coefficient (Wildman–Crippen LogP) is 4.11. The van der Waals surface area contributed by atoms with E-state index in [1.54, 1.807) is 0 Å². The Kier molecular flexibility index (Phi) is 3.14. The second-order valence-corrected chi connectivity index (χ2v) is 5.93. The molecule has 3 unspecified atom stereocenters. The minimum atomic E-state index is 0.578. The van der Waals surface area contributed by atoms with Gasteiger partial charge in [0.15, 0.2) is 0 Å². The van der Waals surface area contributed by atoms with Gasteiger partial charge in [0.2, 0.25) is 0 Å². The van der Waals surface area contributed by atoms with Crippen LogP contribution in [0.4, 0.5) is 0 Å². The molecule has 0 saturated heterocycles. The molecule has 2 aliphatic rings. The van der Waals surface area contributed by atoms with Crippen molar-refractivity contribution in [1.29, 1.82) is 0 Å². The zero-order chi connectivity index (χ0) is 11.8. The maximum absolute atomic E-state index is 6.03. The van der Waals surface area contributed by atoms with E-state index in [0.717, 1.165) is 17.0 Å². The molecular weight excluding hydrogens is 230 g/mol. The van der Waals surface area contributed by atoms with Gasteiger partial charge >= 0.3 is 0 Å². The Morgan fingerprint density at radius 2 is 2.29 bits per heavy atom. The van der Waals surface area contributed by atoms with E-state index in [1.165, 1.54) is 43.2 Å². The third-order valence-electron chi connectivity index (χ3n) is 4.18. The summed E-state index contributed by atoms with van der Waals surface area (Å²) in [6.07, 6.45) is 6.51. The van der Waals surface area contributed by atoms with E-state index < -0.39 is 0 Å². The van der Waals surface area contributed by atoms with Crippen LogP contribution < -0.4 is 5.32 Å². The Bertz CT molecular complexity index is 415. The predicted molar refractivity (Wildman–Crippen MR) is 72.5 cm³/mol. The van der Waals surface area contributed by atoms with Crippen molar-refractivity contribution in [3.63, 3.8) is 0 Å². The van der Waals surface area contributed by atoms with Crippen LogP contribution in [-0.2, 0) is 6.42 Å². The summed E-state index contributed by atoms with van der Waals surface area (Å²) in [5.74, 6) is 0.941. The Morgan fingerprint density at radius 3 is 3.12 bits per heavy atom. The zero-order valence-corrected chi connectivity index (χ0v) is 11.1. The highest BCUT2D eigenvalue weighted by molar-refractivity contribution is 6.30. The number of fused-ring (bicyclic) bond motifs is 1. The molecule has 92 valence electrons. The summed E-state index contributed by atoms with van der Waals surface area (Å²) < 4.78 is 0. The van der Waals surface area contributed by atoms with E-state index in [-0.39, 0.29) is 0 Å². The standard InChI is InChI=1S/C15H20ClN/c1-2-3-11-9-15(11)17-14-7-4-10-8-12(16)5-6-13(10)14/h5-6,8,11,14-15,17H,2-4,7,9H2,1H3. The Labute approximate surface area is 109 Å². The van der Waals surface area contributed by atoms with Crippen LogP contribution in [0.5, 0.6) is 0 Å². The van der Waals surface area contributed by atoms with Gasteiger partial charge in [-0.25, -0.2) is 0 Å². The van der Waals surface area contributed by atoms with Crippen molar-refractivity contribution in [2.45, 2.75) is 51.1 Å². The van der Waals surface area contributed by atoms with Gasteiger partial charge in [-0.05, 0) is 54.9 Å². The average Bonchev–Trinajstić information content (AvgIpc) is 2.91. The van der Waals surface area contributed by atoms with Crippen molar-refractivity contribution in [3.8, 4) is 0 Å². The quantitative estimate of drug-likeness (QED) is 0.847. The topological polar surface area (TPSA) is 12.0 Å². The van der Waals surface area contributed by atoms with Crippen LogP contribution in [0.15, 0.2) is 18.2 Å². The van der Waals surface area contributed by atoms with Gasteiger partial charge in [0.05, 0.1) is 0 Å². The normalized spacial score (nSPS) is 30.4. The van der Waals surface area contributed by atoms with E-state index in [1.807, 2.05) is 6.07 Å². The molecule has 2 heteroatoms. The van der Waals surface area contributed by atoms with Gasteiger partial charge in [-0.15, -0.1) is 0 Å². The summed E-state index contributed by atoms with van der Waals surface area (Å²) >= 11 is 6.03. The molecule has 1 N–H and O–H groups in total. The molecule has 1 fully saturated rings. The van der Waals surface area contributed by atoms with Crippen molar-refractivity contribution < 1.29 is 0 Å². The van der Waals surface area contributed by atoms with Crippen molar-refractivity contribution in [3.05, 3.63) is 34.3 Å². The maximum Gasteiger partial charge on any atom is 0.0408 e. The molecule has 0 spiro atoms. The lowest BCUT2D eigenvalue weighted by atomic mass is 10.1. The van der Waals surface area contributed by atoms with E-state index in [0.29, 0.717) is 6.04 Å². The van der Waals surface area contributed by atoms with Crippen LogP contribution >= 0.6 is 11.6 Å². The first kappa shape index (κ1) is 11.6. The minimum Gasteiger partial charge on any atom is -0.307 e. The first-order valence-electron chi connectivity index (χ1n) is 6.82. The van der Waals surface area contributed by atoms with Gasteiger partial charge in [0.1, 0.15) is 0 Å². The monoisotopic (exact) mass is 249 g/mol. The summed E-state index contributed by atoms with van der Waals surface area (Å²) in [4.78, 5) is 0. The molecule has 0 bridgehead atoms. The number of halogens is 1. The fourth-order valence-corrected chi connectivity index (χ4v) is 3.35. The fourth-order valence-electron chi connectivity index (χ4n) is 3.16. The number of rotatable bonds is 4. The van der Waals surface area contributed by atoms with Crippen LogP contribution in [0.2, 0.25) is 5.02 Å². The van der Waals surface area contributed by atoms with E-state index in [4.69, 9.17) is 11.6 Å². The molecule has 1 aromatic carbocycles. The lowest BCUT2D eigenvalue weighted by Gasteiger charge is -2.14. The first-order valence-corrected chi connectivity index (χ1v) is 7.20. The second kappa shape index (κ2) is 4.62.